The predicted molar refractivity (Wildman–Crippen MR) is 73.8 cm³/mol. The summed E-state index contributed by atoms with van der Waals surface area (Å²) in [6, 6.07) is 3.77. The smallest absolute Gasteiger partial charge is 0.343 e. The molecule has 0 aromatic heterocycles. The van der Waals surface area contributed by atoms with Crippen LogP contribution in [0.3, 0.4) is 0 Å². The highest BCUT2D eigenvalue weighted by Crippen LogP contribution is 2.39. The quantitative estimate of drug-likeness (QED) is 0.643. The summed E-state index contributed by atoms with van der Waals surface area (Å²) in [5.41, 5.74) is 1.98. The lowest BCUT2D eigenvalue weighted by atomic mass is 10.1. The van der Waals surface area contributed by atoms with E-state index in [1.165, 1.54) is 12.1 Å². The van der Waals surface area contributed by atoms with Crippen LogP contribution < -0.4 is 0 Å². The minimum atomic E-state index is -0.617. The van der Waals surface area contributed by atoms with Crippen LogP contribution in [0.4, 0.5) is 0 Å². The Morgan fingerprint density at radius 1 is 1.23 bits per heavy atom. The number of allylic oxidation sites excluding steroid dienone is 2. The van der Waals surface area contributed by atoms with Gasteiger partial charge in [0.25, 0.3) is 0 Å². The first-order chi connectivity index (χ1) is 10.6. The molecule has 2 bridgehead atoms. The summed E-state index contributed by atoms with van der Waals surface area (Å²) >= 11 is 0. The molecule has 1 unspecified atom stereocenters. The molecule has 0 amide bonds. The summed E-state index contributed by atoms with van der Waals surface area (Å²) in [5.74, 6) is -0.0316. The Morgan fingerprint density at radius 3 is 2.82 bits per heavy atom. The van der Waals surface area contributed by atoms with Crippen LogP contribution in [-0.4, -0.2) is 29.1 Å². The number of rotatable bonds is 2. The second-order valence-electron chi connectivity index (χ2n) is 5.21. The summed E-state index contributed by atoms with van der Waals surface area (Å²) in [5, 5.41) is 18.7. The first-order valence-electron chi connectivity index (χ1n) is 6.78. The van der Waals surface area contributed by atoms with Crippen LogP contribution in [0.2, 0.25) is 0 Å². The van der Waals surface area contributed by atoms with E-state index in [4.69, 9.17) is 14.2 Å². The summed E-state index contributed by atoms with van der Waals surface area (Å²) in [6.45, 7) is 0.418. The van der Waals surface area contributed by atoms with Crippen LogP contribution >= 0.6 is 0 Å². The molecule has 6 nitrogen and oxygen atoms in total. The number of benzene rings is 1. The van der Waals surface area contributed by atoms with Crippen LogP contribution in [0.25, 0.3) is 0 Å². The number of fused-ring (bicyclic) bond motifs is 1. The summed E-state index contributed by atoms with van der Waals surface area (Å²) < 4.78 is 16.2. The highest BCUT2D eigenvalue weighted by Gasteiger charge is 2.35. The number of hydrogen-bond acceptors (Lipinski definition) is 6. The van der Waals surface area contributed by atoms with Gasteiger partial charge < -0.3 is 24.4 Å². The maximum atomic E-state index is 12.1. The number of hydrogen-bond donors (Lipinski definition) is 2. The lowest BCUT2D eigenvalue weighted by Gasteiger charge is -2.28. The van der Waals surface area contributed by atoms with Crippen molar-refractivity contribution in [2.45, 2.75) is 12.7 Å². The van der Waals surface area contributed by atoms with Crippen molar-refractivity contribution in [3.63, 3.8) is 0 Å². The van der Waals surface area contributed by atoms with E-state index in [1.54, 1.807) is 12.2 Å². The van der Waals surface area contributed by atoms with Crippen molar-refractivity contribution in [1.82, 2.24) is 0 Å². The van der Waals surface area contributed by atoms with Crippen LogP contribution in [-0.2, 0) is 14.2 Å². The zero-order valence-electron chi connectivity index (χ0n) is 11.4. The first-order valence-corrected chi connectivity index (χ1v) is 6.78. The molecule has 112 valence electrons. The summed E-state index contributed by atoms with van der Waals surface area (Å²) in [4.78, 5) is 12.1. The van der Waals surface area contributed by atoms with Crippen molar-refractivity contribution >= 4 is 5.97 Å². The van der Waals surface area contributed by atoms with E-state index in [2.05, 4.69) is 0 Å². The molecular weight excluding hydrogens is 288 g/mol. The van der Waals surface area contributed by atoms with Crippen LogP contribution in [0.15, 0.2) is 53.0 Å². The van der Waals surface area contributed by atoms with Crippen molar-refractivity contribution in [1.29, 1.82) is 0 Å². The van der Waals surface area contributed by atoms with Crippen molar-refractivity contribution in [3.05, 3.63) is 58.6 Å². The second kappa shape index (κ2) is 4.64. The predicted octanol–water partition coefficient (Wildman–Crippen LogP) is 2.11. The van der Waals surface area contributed by atoms with E-state index in [-0.39, 0.29) is 23.4 Å². The molecule has 1 aromatic rings. The molecule has 5 rings (SSSR count). The Morgan fingerprint density at radius 2 is 2.05 bits per heavy atom. The van der Waals surface area contributed by atoms with Crippen molar-refractivity contribution in [2.24, 2.45) is 0 Å². The molecule has 6 heteroatoms. The molecule has 3 heterocycles. The lowest BCUT2D eigenvalue weighted by Crippen LogP contribution is -2.26. The fraction of sp³-hybridized carbons (Fsp3) is 0.188. The standard InChI is InChI=1S/C16H12O6/c17-12-2-1-8(4-13(12)18)16(19)21-10-3-9-7-20-15-6-14(22-15)11(9)5-10/h1-5,15,17-18H,6-7H2. The molecule has 1 saturated heterocycles. The normalized spacial score (nSPS) is 21.9. The maximum Gasteiger partial charge on any atom is 0.343 e. The molecule has 1 fully saturated rings. The fourth-order valence-corrected chi connectivity index (χ4v) is 2.53. The van der Waals surface area contributed by atoms with Crippen molar-refractivity contribution < 1.29 is 29.2 Å². The highest BCUT2D eigenvalue weighted by molar-refractivity contribution is 5.91. The number of phenols is 2. The first kappa shape index (κ1) is 13.0. The zero-order valence-corrected chi connectivity index (χ0v) is 11.4. The number of esters is 1. The van der Waals surface area contributed by atoms with Gasteiger partial charge in [-0.3, -0.25) is 0 Å². The SMILES string of the molecule is O=C(OC1=CC2=C3CC(OCC2=C1)O3)c1ccc(O)c(O)c1. The van der Waals surface area contributed by atoms with Gasteiger partial charge >= 0.3 is 5.97 Å². The molecule has 22 heavy (non-hydrogen) atoms. The Balaban J connectivity index is 1.55. The van der Waals surface area contributed by atoms with E-state index in [0.717, 1.165) is 29.4 Å². The Kier molecular flexibility index (Phi) is 2.74. The Labute approximate surface area is 125 Å². The number of ether oxygens (including phenoxy) is 3. The van der Waals surface area contributed by atoms with Crippen LogP contribution in [0.1, 0.15) is 16.8 Å². The van der Waals surface area contributed by atoms with Gasteiger partial charge in [-0.25, -0.2) is 4.79 Å². The van der Waals surface area contributed by atoms with Gasteiger partial charge in [-0.2, -0.15) is 0 Å². The Bertz CT molecular complexity index is 763. The van der Waals surface area contributed by atoms with E-state index in [0.29, 0.717) is 12.4 Å². The molecule has 0 spiro atoms. The molecular formula is C16H12O6. The van der Waals surface area contributed by atoms with Gasteiger partial charge in [-0.15, -0.1) is 0 Å². The minimum absolute atomic E-state index is 0.149. The molecule has 2 N–H and O–H groups in total. The lowest BCUT2D eigenvalue weighted by molar-refractivity contribution is -0.163. The van der Waals surface area contributed by atoms with Crippen LogP contribution in [0, 0.1) is 0 Å². The number of carbonyl (C=O) groups excluding carboxylic acids is 1. The third-order valence-corrected chi connectivity index (χ3v) is 3.72. The monoisotopic (exact) mass is 300 g/mol. The number of carbonyl (C=O) groups is 1. The number of phenolic OH excluding ortho intramolecular Hbond substituents is 2. The minimum Gasteiger partial charge on any atom is -0.504 e. The Hall–Kier alpha value is -2.73. The third-order valence-electron chi connectivity index (χ3n) is 3.72. The molecule has 1 atom stereocenters. The number of aromatic hydroxyl groups is 2. The van der Waals surface area contributed by atoms with Crippen molar-refractivity contribution in [2.75, 3.05) is 6.61 Å². The topological polar surface area (TPSA) is 85.2 Å². The van der Waals surface area contributed by atoms with Crippen molar-refractivity contribution in [3.8, 4) is 11.5 Å². The third kappa shape index (κ3) is 2.05. The van der Waals surface area contributed by atoms with E-state index in [9.17, 15) is 15.0 Å². The van der Waals surface area contributed by atoms with Gasteiger partial charge in [0.15, 0.2) is 11.5 Å². The average molecular weight is 300 g/mol. The van der Waals surface area contributed by atoms with Gasteiger partial charge in [-0.1, -0.05) is 0 Å². The largest absolute Gasteiger partial charge is 0.504 e. The summed E-state index contributed by atoms with van der Waals surface area (Å²) in [7, 11) is 0. The molecule has 0 saturated carbocycles. The van der Waals surface area contributed by atoms with Gasteiger partial charge in [0.2, 0.25) is 6.29 Å². The molecule has 1 aromatic carbocycles. The molecule has 0 radical (unpaired) electrons. The summed E-state index contributed by atoms with van der Waals surface area (Å²) in [6.07, 6.45) is 4.06. The average Bonchev–Trinajstić information content (AvgIpc) is 2.66. The maximum absolute atomic E-state index is 12.1. The molecule has 3 aliphatic heterocycles. The molecule has 4 aliphatic rings. The van der Waals surface area contributed by atoms with Gasteiger partial charge in [0.05, 0.1) is 18.6 Å². The van der Waals surface area contributed by atoms with Gasteiger partial charge in [0.1, 0.15) is 11.5 Å². The van der Waals surface area contributed by atoms with Crippen LogP contribution in [0.5, 0.6) is 11.5 Å². The molecule has 1 aliphatic carbocycles. The van der Waals surface area contributed by atoms with E-state index >= 15 is 0 Å². The highest BCUT2D eigenvalue weighted by atomic mass is 16.7. The zero-order chi connectivity index (χ0) is 15.3. The fourth-order valence-electron chi connectivity index (χ4n) is 2.53. The van der Waals surface area contributed by atoms with Gasteiger partial charge in [-0.05, 0) is 35.9 Å². The van der Waals surface area contributed by atoms with Gasteiger partial charge in [0, 0.05) is 5.57 Å². The van der Waals surface area contributed by atoms with E-state index in [1.807, 2.05) is 0 Å². The second-order valence-corrected chi connectivity index (χ2v) is 5.21. The van der Waals surface area contributed by atoms with E-state index < -0.39 is 5.97 Å².